The van der Waals surface area contributed by atoms with E-state index in [1.54, 1.807) is 0 Å². The Labute approximate surface area is 94.9 Å². The Morgan fingerprint density at radius 1 is 1.25 bits per heavy atom. The maximum atomic E-state index is 6.26. The molecule has 4 N–H and O–H groups in total. The minimum absolute atomic E-state index is 0.186. The van der Waals surface area contributed by atoms with Gasteiger partial charge in [0, 0.05) is 12.5 Å². The highest BCUT2D eigenvalue weighted by molar-refractivity contribution is 5.23. The van der Waals surface area contributed by atoms with Gasteiger partial charge in [0.05, 0.1) is 23.7 Å². The second-order valence-electron chi connectivity index (χ2n) is 5.69. The largest absolute Gasteiger partial charge is 0.367 e. The van der Waals surface area contributed by atoms with E-state index in [1.165, 1.54) is 0 Å². The quantitative estimate of drug-likeness (QED) is 0.651. The Morgan fingerprint density at radius 2 is 2.06 bits per heavy atom. The molecular weight excluding hydrogens is 204 g/mol. The lowest BCUT2D eigenvalue weighted by Crippen LogP contribution is -2.67. The Bertz CT molecular complexity index is 372. The van der Waals surface area contributed by atoms with E-state index >= 15 is 0 Å². The maximum Gasteiger partial charge on any atom is 0.125 e. The molecule has 4 aliphatic rings. The van der Waals surface area contributed by atoms with Gasteiger partial charge in [-0.3, -0.25) is 0 Å². The van der Waals surface area contributed by atoms with Crippen LogP contribution in [0.3, 0.4) is 0 Å². The molecule has 2 aliphatic heterocycles. The zero-order valence-electron chi connectivity index (χ0n) is 9.26. The monoisotopic (exact) mass is 222 g/mol. The van der Waals surface area contributed by atoms with E-state index in [1.807, 2.05) is 0 Å². The lowest BCUT2D eigenvalue weighted by Gasteiger charge is -2.49. The van der Waals surface area contributed by atoms with Crippen LogP contribution in [0.4, 0.5) is 0 Å². The average Bonchev–Trinajstić information content (AvgIpc) is 2.53. The fraction of sp³-hybridized carbons (Fsp3) is 0.833. The minimum Gasteiger partial charge on any atom is -0.367 e. The number of allylic oxidation sites excluding steroid dienone is 1. The molecule has 0 aromatic rings. The van der Waals surface area contributed by atoms with Crippen LogP contribution in [0, 0.1) is 11.8 Å². The topological polar surface area (TPSA) is 70.5 Å². The first-order valence-corrected chi connectivity index (χ1v) is 6.20. The highest BCUT2D eigenvalue weighted by Gasteiger charge is 2.74. The first kappa shape index (κ1) is 9.59. The van der Waals surface area contributed by atoms with E-state index in [9.17, 15) is 0 Å². The molecule has 0 aromatic heterocycles. The van der Waals surface area contributed by atoms with Gasteiger partial charge in [0.1, 0.15) is 5.72 Å². The fourth-order valence-electron chi connectivity index (χ4n) is 3.99. The molecule has 4 rings (SSSR count). The number of nitrogens with two attached hydrogens (primary N) is 2. The molecule has 3 fully saturated rings. The lowest BCUT2D eigenvalue weighted by atomic mass is 9.75. The maximum absolute atomic E-state index is 6.26. The second-order valence-corrected chi connectivity index (χ2v) is 5.69. The van der Waals surface area contributed by atoms with Gasteiger partial charge in [0.25, 0.3) is 0 Å². The SMILES string of the molecule is NC[C@]12CCC3(N)OC(C31)[C@H](C1C=CC1)O2. The lowest BCUT2D eigenvalue weighted by molar-refractivity contribution is -0.244. The smallest absolute Gasteiger partial charge is 0.125 e. The molecule has 4 heteroatoms. The van der Waals surface area contributed by atoms with Gasteiger partial charge in [-0.25, -0.2) is 0 Å². The molecule has 16 heavy (non-hydrogen) atoms. The van der Waals surface area contributed by atoms with Crippen LogP contribution >= 0.6 is 0 Å². The Hall–Kier alpha value is -0.420. The van der Waals surface area contributed by atoms with Crippen molar-refractivity contribution in [1.82, 2.24) is 0 Å². The van der Waals surface area contributed by atoms with E-state index in [0.717, 1.165) is 19.3 Å². The van der Waals surface area contributed by atoms with Gasteiger partial charge in [-0.1, -0.05) is 12.2 Å². The summed E-state index contributed by atoms with van der Waals surface area (Å²) in [7, 11) is 0. The third kappa shape index (κ3) is 0.874. The van der Waals surface area contributed by atoms with Crippen LogP contribution in [0.5, 0.6) is 0 Å². The van der Waals surface area contributed by atoms with Crippen LogP contribution in [0.2, 0.25) is 0 Å². The van der Waals surface area contributed by atoms with Gasteiger partial charge >= 0.3 is 0 Å². The summed E-state index contributed by atoms with van der Waals surface area (Å²) in [6.07, 6.45) is 7.73. The predicted molar refractivity (Wildman–Crippen MR) is 58.4 cm³/mol. The van der Waals surface area contributed by atoms with Crippen LogP contribution in [-0.4, -0.2) is 30.1 Å². The van der Waals surface area contributed by atoms with Gasteiger partial charge in [-0.15, -0.1) is 0 Å². The summed E-state index contributed by atoms with van der Waals surface area (Å²) < 4.78 is 12.2. The molecule has 2 aliphatic carbocycles. The van der Waals surface area contributed by atoms with Gasteiger partial charge in [-0.05, 0) is 19.3 Å². The summed E-state index contributed by atoms with van der Waals surface area (Å²) in [6.45, 7) is 0.573. The highest BCUT2D eigenvalue weighted by Crippen LogP contribution is 2.61. The van der Waals surface area contributed by atoms with Crippen LogP contribution < -0.4 is 11.5 Å². The van der Waals surface area contributed by atoms with E-state index in [-0.39, 0.29) is 17.8 Å². The van der Waals surface area contributed by atoms with Crippen LogP contribution in [-0.2, 0) is 9.47 Å². The summed E-state index contributed by atoms with van der Waals surface area (Å²) in [5, 5.41) is 0. The number of hydrogen-bond acceptors (Lipinski definition) is 4. The Kier molecular flexibility index (Phi) is 1.62. The predicted octanol–water partition coefficient (Wildman–Crippen LogP) is 0.123. The van der Waals surface area contributed by atoms with Crippen molar-refractivity contribution in [2.75, 3.05) is 6.54 Å². The summed E-state index contributed by atoms with van der Waals surface area (Å²) in [4.78, 5) is 0. The molecule has 0 amide bonds. The first-order chi connectivity index (χ1) is 7.69. The van der Waals surface area contributed by atoms with E-state index < -0.39 is 5.72 Å². The zero-order valence-corrected chi connectivity index (χ0v) is 9.26. The standard InChI is InChI=1S/C12H18N2O2/c13-6-11-4-5-12(14)10(11)9(16-12)8(15-11)7-2-1-3-7/h1-2,7-10H,3-6,13-14H2/t7?,8-,9?,10?,11+,12?/m0/s1. The molecule has 0 spiro atoms. The normalized spacial score (nSPS) is 61.6. The molecule has 1 saturated carbocycles. The molecular formula is C12H18N2O2. The molecule has 4 unspecified atom stereocenters. The summed E-state index contributed by atoms with van der Waals surface area (Å²) in [5.41, 5.74) is 11.5. The van der Waals surface area contributed by atoms with Crippen LogP contribution in [0.15, 0.2) is 12.2 Å². The zero-order chi connectivity index (χ0) is 11.0. The number of ether oxygens (including phenoxy) is 2. The van der Waals surface area contributed by atoms with Crippen molar-refractivity contribution in [2.45, 2.75) is 42.8 Å². The van der Waals surface area contributed by atoms with Crippen LogP contribution in [0.25, 0.3) is 0 Å². The molecule has 2 heterocycles. The third-order valence-corrected chi connectivity index (χ3v) is 4.97. The van der Waals surface area contributed by atoms with Crippen molar-refractivity contribution in [2.24, 2.45) is 23.3 Å². The first-order valence-electron chi connectivity index (χ1n) is 6.20. The molecule has 2 saturated heterocycles. The van der Waals surface area contributed by atoms with E-state index in [2.05, 4.69) is 12.2 Å². The molecule has 4 nitrogen and oxygen atoms in total. The molecule has 0 aromatic carbocycles. The van der Waals surface area contributed by atoms with Crippen molar-refractivity contribution in [3.8, 4) is 0 Å². The van der Waals surface area contributed by atoms with Crippen LogP contribution in [0.1, 0.15) is 19.3 Å². The van der Waals surface area contributed by atoms with Gasteiger partial charge < -0.3 is 20.9 Å². The summed E-state index contributed by atoms with van der Waals surface area (Å²) in [6, 6.07) is 0. The second kappa shape index (κ2) is 2.70. The minimum atomic E-state index is -0.438. The molecule has 6 atom stereocenters. The van der Waals surface area contributed by atoms with E-state index in [4.69, 9.17) is 20.9 Å². The number of hydrogen-bond donors (Lipinski definition) is 2. The highest BCUT2D eigenvalue weighted by atomic mass is 16.6. The van der Waals surface area contributed by atoms with Crippen molar-refractivity contribution < 1.29 is 9.47 Å². The summed E-state index contributed by atoms with van der Waals surface area (Å²) in [5.74, 6) is 0.840. The third-order valence-electron chi connectivity index (χ3n) is 4.97. The number of rotatable bonds is 2. The van der Waals surface area contributed by atoms with Crippen molar-refractivity contribution in [3.63, 3.8) is 0 Å². The molecule has 0 radical (unpaired) electrons. The van der Waals surface area contributed by atoms with Gasteiger partial charge in [-0.2, -0.15) is 0 Å². The van der Waals surface area contributed by atoms with Crippen molar-refractivity contribution >= 4 is 0 Å². The Balaban J connectivity index is 1.68. The fourth-order valence-corrected chi connectivity index (χ4v) is 3.99. The van der Waals surface area contributed by atoms with Crippen molar-refractivity contribution in [3.05, 3.63) is 12.2 Å². The van der Waals surface area contributed by atoms with E-state index in [0.29, 0.717) is 18.4 Å². The summed E-state index contributed by atoms with van der Waals surface area (Å²) >= 11 is 0. The molecule has 88 valence electrons. The van der Waals surface area contributed by atoms with Gasteiger partial charge in [0.15, 0.2) is 0 Å². The van der Waals surface area contributed by atoms with Crippen molar-refractivity contribution in [1.29, 1.82) is 0 Å². The Morgan fingerprint density at radius 3 is 2.62 bits per heavy atom. The van der Waals surface area contributed by atoms with Gasteiger partial charge in [0.2, 0.25) is 0 Å². The average molecular weight is 222 g/mol. The molecule has 0 bridgehead atoms.